The number of piperidine rings is 1. The quantitative estimate of drug-likeness (QED) is 0.579. The first kappa shape index (κ1) is 23.4. The third kappa shape index (κ3) is 6.87. The van der Waals surface area contributed by atoms with Gasteiger partial charge < -0.3 is 10.4 Å². The highest BCUT2D eigenvalue weighted by molar-refractivity contribution is 7.89. The van der Waals surface area contributed by atoms with Gasteiger partial charge in [0.15, 0.2) is 0 Å². The second kappa shape index (κ2) is 10.4. The fourth-order valence-electron chi connectivity index (χ4n) is 3.55. The zero-order chi connectivity index (χ0) is 22.4. The van der Waals surface area contributed by atoms with E-state index in [1.54, 1.807) is 13.8 Å². The number of carbonyl (C=O) groups excluding carboxylic acids is 1. The van der Waals surface area contributed by atoms with Crippen LogP contribution in [0.2, 0.25) is 0 Å². The lowest BCUT2D eigenvalue weighted by molar-refractivity contribution is 0.0792. The molecular weight excluding hydrogens is 414 g/mol. The van der Waals surface area contributed by atoms with Crippen molar-refractivity contribution in [2.45, 2.75) is 56.8 Å². The van der Waals surface area contributed by atoms with E-state index in [1.807, 2.05) is 12.1 Å². The lowest BCUT2D eigenvalue weighted by Gasteiger charge is -2.29. The Morgan fingerprint density at radius 1 is 1.03 bits per heavy atom. The van der Waals surface area contributed by atoms with E-state index < -0.39 is 10.0 Å². The summed E-state index contributed by atoms with van der Waals surface area (Å²) >= 11 is 0. The summed E-state index contributed by atoms with van der Waals surface area (Å²) in [6.07, 6.45) is 1.48. The van der Waals surface area contributed by atoms with E-state index in [4.69, 9.17) is 0 Å². The lowest BCUT2D eigenvalue weighted by Crippen LogP contribution is -2.35. The van der Waals surface area contributed by atoms with Crippen LogP contribution in [-0.4, -0.2) is 49.6 Å². The Bertz CT molecular complexity index is 965. The first-order valence-electron chi connectivity index (χ1n) is 10.6. The molecule has 1 heterocycles. The van der Waals surface area contributed by atoms with Crippen LogP contribution in [-0.2, 0) is 23.1 Å². The van der Waals surface area contributed by atoms with Gasteiger partial charge >= 0.3 is 0 Å². The molecule has 1 amide bonds. The van der Waals surface area contributed by atoms with Crippen molar-refractivity contribution in [3.8, 4) is 0 Å². The first-order chi connectivity index (χ1) is 14.7. The molecule has 2 aromatic rings. The van der Waals surface area contributed by atoms with Crippen LogP contribution in [0.4, 0.5) is 0 Å². The molecular formula is C23H31N3O4S. The predicted molar refractivity (Wildman–Crippen MR) is 120 cm³/mol. The summed E-state index contributed by atoms with van der Waals surface area (Å²) < 4.78 is 26.9. The number of benzene rings is 2. The van der Waals surface area contributed by atoms with Crippen LogP contribution >= 0.6 is 0 Å². The molecule has 3 rings (SSSR count). The van der Waals surface area contributed by atoms with Gasteiger partial charge in [0.1, 0.15) is 0 Å². The molecule has 0 atom stereocenters. The summed E-state index contributed by atoms with van der Waals surface area (Å²) in [6.45, 7) is 6.58. The topological polar surface area (TPSA) is 98.7 Å². The van der Waals surface area contributed by atoms with Crippen molar-refractivity contribution in [1.29, 1.82) is 0 Å². The molecule has 0 spiro atoms. The van der Waals surface area contributed by atoms with Crippen molar-refractivity contribution >= 4 is 15.9 Å². The third-order valence-electron chi connectivity index (χ3n) is 5.26. The van der Waals surface area contributed by atoms with Gasteiger partial charge in [0.05, 0.1) is 11.0 Å². The van der Waals surface area contributed by atoms with Crippen molar-refractivity contribution in [2.75, 3.05) is 13.1 Å². The summed E-state index contributed by atoms with van der Waals surface area (Å²) in [6, 6.07) is 13.8. The second-order valence-electron chi connectivity index (χ2n) is 8.31. The molecule has 0 aromatic heterocycles. The Morgan fingerprint density at radius 2 is 1.61 bits per heavy atom. The monoisotopic (exact) mass is 445 g/mol. The summed E-state index contributed by atoms with van der Waals surface area (Å²) in [5.74, 6) is -0.253. The number of rotatable bonds is 8. The Kier molecular flexibility index (Phi) is 7.83. The molecule has 8 heteroatoms. The van der Waals surface area contributed by atoms with Crippen LogP contribution < -0.4 is 10.0 Å². The van der Waals surface area contributed by atoms with Gasteiger partial charge in [-0.25, -0.2) is 13.1 Å². The number of aliphatic hydroxyl groups is 1. The number of aliphatic hydroxyl groups excluding tert-OH is 1. The van der Waals surface area contributed by atoms with Gasteiger partial charge in [-0.1, -0.05) is 24.3 Å². The second-order valence-corrected chi connectivity index (χ2v) is 10.0. The average Bonchev–Trinajstić information content (AvgIpc) is 2.74. The summed E-state index contributed by atoms with van der Waals surface area (Å²) in [5.41, 5.74) is 2.61. The minimum absolute atomic E-state index is 0.136. The molecule has 1 saturated heterocycles. The number of hydrogen-bond acceptors (Lipinski definition) is 5. The highest BCUT2D eigenvalue weighted by atomic mass is 32.2. The lowest BCUT2D eigenvalue weighted by atomic mass is 10.1. The average molecular weight is 446 g/mol. The van der Waals surface area contributed by atoms with Gasteiger partial charge in [-0.15, -0.1) is 0 Å². The van der Waals surface area contributed by atoms with E-state index in [2.05, 4.69) is 27.1 Å². The molecule has 0 aliphatic carbocycles. The van der Waals surface area contributed by atoms with Crippen molar-refractivity contribution in [1.82, 2.24) is 14.9 Å². The van der Waals surface area contributed by atoms with Gasteiger partial charge in [0.2, 0.25) is 10.0 Å². The molecule has 0 unspecified atom stereocenters. The van der Waals surface area contributed by atoms with E-state index in [0.29, 0.717) is 12.1 Å². The van der Waals surface area contributed by atoms with Gasteiger partial charge in [-0.2, -0.15) is 0 Å². The number of hydrogen-bond donors (Lipinski definition) is 3. The summed E-state index contributed by atoms with van der Waals surface area (Å²) in [5, 5.41) is 12.5. The number of amides is 1. The van der Waals surface area contributed by atoms with Crippen LogP contribution in [0.3, 0.4) is 0 Å². The molecule has 3 N–H and O–H groups in total. The van der Waals surface area contributed by atoms with Crippen LogP contribution in [0.15, 0.2) is 53.4 Å². The van der Waals surface area contributed by atoms with Crippen molar-refractivity contribution in [3.63, 3.8) is 0 Å². The largest absolute Gasteiger partial charge is 0.393 e. The highest BCUT2D eigenvalue weighted by Gasteiger charge is 2.17. The van der Waals surface area contributed by atoms with E-state index in [0.717, 1.165) is 38.0 Å². The van der Waals surface area contributed by atoms with Gasteiger partial charge in [0, 0.05) is 37.8 Å². The van der Waals surface area contributed by atoms with Crippen LogP contribution in [0.5, 0.6) is 0 Å². The fourth-order valence-corrected chi connectivity index (χ4v) is 4.80. The number of nitrogens with zero attached hydrogens (tertiary/aromatic N) is 1. The summed E-state index contributed by atoms with van der Waals surface area (Å²) in [7, 11) is -3.57. The number of carbonyl (C=O) groups is 1. The third-order valence-corrected chi connectivity index (χ3v) is 6.93. The van der Waals surface area contributed by atoms with Gasteiger partial charge in [0.25, 0.3) is 5.91 Å². The number of sulfonamides is 1. The van der Waals surface area contributed by atoms with Gasteiger partial charge in [-0.05, 0) is 62.1 Å². The molecule has 0 bridgehead atoms. The zero-order valence-electron chi connectivity index (χ0n) is 18.0. The highest BCUT2D eigenvalue weighted by Crippen LogP contribution is 2.15. The van der Waals surface area contributed by atoms with Crippen molar-refractivity contribution < 1.29 is 18.3 Å². The maximum atomic E-state index is 12.4. The minimum atomic E-state index is -3.57. The zero-order valence-corrected chi connectivity index (χ0v) is 18.9. The number of nitrogens with one attached hydrogen (secondary N) is 2. The Balaban J connectivity index is 1.51. The fraction of sp³-hybridized carbons (Fsp3) is 0.435. The smallest absolute Gasteiger partial charge is 0.251 e. The maximum Gasteiger partial charge on any atom is 0.251 e. The summed E-state index contributed by atoms with van der Waals surface area (Å²) in [4.78, 5) is 14.9. The van der Waals surface area contributed by atoms with E-state index in [9.17, 15) is 18.3 Å². The van der Waals surface area contributed by atoms with Gasteiger partial charge in [-0.3, -0.25) is 9.69 Å². The minimum Gasteiger partial charge on any atom is -0.393 e. The SMILES string of the molecule is CC(C)NS(=O)(=O)c1ccc(C(=O)NCc2ccc(CN3CCC(O)CC3)cc2)cc1. The van der Waals surface area contributed by atoms with E-state index in [-0.39, 0.29) is 22.9 Å². The van der Waals surface area contributed by atoms with E-state index in [1.165, 1.54) is 29.8 Å². The molecule has 1 aliphatic rings. The molecule has 0 saturated carbocycles. The Hall–Kier alpha value is -2.26. The molecule has 31 heavy (non-hydrogen) atoms. The standard InChI is InChI=1S/C23H31N3O4S/c1-17(2)25-31(29,30)22-9-7-20(8-10-22)23(28)24-15-18-3-5-19(6-4-18)16-26-13-11-21(27)12-14-26/h3-10,17,21,25,27H,11-16H2,1-2H3,(H,24,28). The molecule has 0 radical (unpaired) electrons. The molecule has 168 valence electrons. The first-order valence-corrected chi connectivity index (χ1v) is 12.1. The maximum absolute atomic E-state index is 12.4. The Labute approximate surface area is 184 Å². The normalized spacial score (nSPS) is 15.9. The van der Waals surface area contributed by atoms with Crippen LogP contribution in [0.25, 0.3) is 0 Å². The molecule has 2 aromatic carbocycles. The molecule has 1 fully saturated rings. The molecule has 1 aliphatic heterocycles. The van der Waals surface area contributed by atoms with Crippen molar-refractivity contribution in [3.05, 3.63) is 65.2 Å². The van der Waals surface area contributed by atoms with Crippen LogP contribution in [0, 0.1) is 0 Å². The number of likely N-dealkylation sites (tertiary alicyclic amines) is 1. The van der Waals surface area contributed by atoms with E-state index >= 15 is 0 Å². The Morgan fingerprint density at radius 3 is 2.19 bits per heavy atom. The molecule has 7 nitrogen and oxygen atoms in total. The predicted octanol–water partition coefficient (Wildman–Crippen LogP) is 2.26. The van der Waals surface area contributed by atoms with Crippen LogP contribution in [0.1, 0.15) is 48.2 Å². The van der Waals surface area contributed by atoms with Crippen molar-refractivity contribution in [2.24, 2.45) is 0 Å².